The van der Waals surface area contributed by atoms with Gasteiger partial charge in [-0.05, 0) is 24.0 Å². The smallest absolute Gasteiger partial charge is 0.326 e. The minimum atomic E-state index is -1.10. The molecule has 0 spiro atoms. The Hall–Kier alpha value is -2.02. The van der Waals surface area contributed by atoms with Crippen LogP contribution >= 0.6 is 11.8 Å². The van der Waals surface area contributed by atoms with Gasteiger partial charge in [-0.2, -0.15) is 11.8 Å². The average molecular weight is 324 g/mol. The van der Waals surface area contributed by atoms with Crippen molar-refractivity contribution < 1.29 is 19.5 Å². The van der Waals surface area contributed by atoms with Crippen molar-refractivity contribution in [1.82, 2.24) is 10.6 Å². The van der Waals surface area contributed by atoms with Crippen LogP contribution in [0.15, 0.2) is 30.3 Å². The summed E-state index contributed by atoms with van der Waals surface area (Å²) in [5, 5.41) is 14.2. The lowest BCUT2D eigenvalue weighted by molar-refractivity contribution is -0.142. The lowest BCUT2D eigenvalue weighted by Gasteiger charge is -2.20. The van der Waals surface area contributed by atoms with Gasteiger partial charge in [0.15, 0.2) is 0 Å². The summed E-state index contributed by atoms with van der Waals surface area (Å²) < 4.78 is 0. The molecule has 120 valence electrons. The van der Waals surface area contributed by atoms with Gasteiger partial charge in [0.2, 0.25) is 12.3 Å². The van der Waals surface area contributed by atoms with E-state index in [1.165, 1.54) is 0 Å². The van der Waals surface area contributed by atoms with E-state index in [0.717, 1.165) is 5.56 Å². The molecule has 0 unspecified atom stereocenters. The second-order valence-electron chi connectivity index (χ2n) is 4.71. The summed E-state index contributed by atoms with van der Waals surface area (Å²) in [6.45, 7) is 0. The predicted molar refractivity (Wildman–Crippen MR) is 85.7 cm³/mol. The van der Waals surface area contributed by atoms with Crippen LogP contribution in [0, 0.1) is 0 Å². The number of amides is 2. The van der Waals surface area contributed by atoms with Crippen LogP contribution < -0.4 is 10.6 Å². The molecule has 2 amide bonds. The van der Waals surface area contributed by atoms with Gasteiger partial charge in [-0.1, -0.05) is 30.3 Å². The molecule has 0 radical (unpaired) electrons. The summed E-state index contributed by atoms with van der Waals surface area (Å²) in [7, 11) is 0. The Morgan fingerprint density at radius 2 is 1.95 bits per heavy atom. The van der Waals surface area contributed by atoms with E-state index in [1.807, 2.05) is 24.5 Å². The van der Waals surface area contributed by atoms with Gasteiger partial charge in [0.1, 0.15) is 12.1 Å². The highest BCUT2D eigenvalue weighted by atomic mass is 32.2. The number of benzene rings is 1. The van der Waals surface area contributed by atoms with E-state index in [9.17, 15) is 19.5 Å². The van der Waals surface area contributed by atoms with E-state index in [4.69, 9.17) is 0 Å². The first kappa shape index (κ1) is 18.0. The Bertz CT molecular complexity index is 496. The molecule has 0 saturated carbocycles. The fraction of sp³-hybridized carbons (Fsp3) is 0.400. The third-order valence-corrected chi connectivity index (χ3v) is 3.74. The molecular weight excluding hydrogens is 304 g/mol. The monoisotopic (exact) mass is 324 g/mol. The largest absolute Gasteiger partial charge is 0.480 e. The topological polar surface area (TPSA) is 95.5 Å². The van der Waals surface area contributed by atoms with Crippen molar-refractivity contribution in [1.29, 1.82) is 0 Å². The molecule has 1 aromatic rings. The van der Waals surface area contributed by atoms with Gasteiger partial charge in [0.25, 0.3) is 0 Å². The Labute approximate surface area is 133 Å². The van der Waals surface area contributed by atoms with Crippen molar-refractivity contribution in [2.45, 2.75) is 24.9 Å². The SMILES string of the molecule is CSCC[C@H](NC=O)C(=O)N[C@H](Cc1ccccc1)C(=O)O. The first-order valence-corrected chi connectivity index (χ1v) is 8.23. The zero-order valence-electron chi connectivity index (χ0n) is 12.3. The number of carboxylic acids is 1. The Balaban J connectivity index is 2.69. The van der Waals surface area contributed by atoms with E-state index in [0.29, 0.717) is 18.6 Å². The summed E-state index contributed by atoms with van der Waals surface area (Å²) in [4.78, 5) is 34.0. The van der Waals surface area contributed by atoms with E-state index >= 15 is 0 Å². The Morgan fingerprint density at radius 1 is 1.27 bits per heavy atom. The van der Waals surface area contributed by atoms with Crippen molar-refractivity contribution in [2.75, 3.05) is 12.0 Å². The molecule has 22 heavy (non-hydrogen) atoms. The molecule has 6 nitrogen and oxygen atoms in total. The highest BCUT2D eigenvalue weighted by Gasteiger charge is 2.25. The zero-order chi connectivity index (χ0) is 16.4. The number of carboxylic acid groups (broad SMARTS) is 1. The van der Waals surface area contributed by atoms with E-state index in [1.54, 1.807) is 23.9 Å². The highest BCUT2D eigenvalue weighted by Crippen LogP contribution is 2.05. The number of aliphatic carboxylic acids is 1. The first-order valence-electron chi connectivity index (χ1n) is 6.84. The molecule has 3 N–H and O–H groups in total. The van der Waals surface area contributed by atoms with Crippen molar-refractivity contribution in [3.8, 4) is 0 Å². The average Bonchev–Trinajstić information content (AvgIpc) is 2.51. The van der Waals surface area contributed by atoms with Gasteiger partial charge in [0.05, 0.1) is 0 Å². The quantitative estimate of drug-likeness (QED) is 0.550. The fourth-order valence-corrected chi connectivity index (χ4v) is 2.40. The summed E-state index contributed by atoms with van der Waals surface area (Å²) >= 11 is 1.55. The maximum Gasteiger partial charge on any atom is 0.326 e. The molecule has 7 heteroatoms. The summed E-state index contributed by atoms with van der Waals surface area (Å²) in [5.41, 5.74) is 0.819. The molecule has 0 heterocycles. The third kappa shape index (κ3) is 6.17. The summed E-state index contributed by atoms with van der Waals surface area (Å²) in [5.74, 6) is -0.897. The number of rotatable bonds is 10. The first-order chi connectivity index (χ1) is 10.6. The lowest BCUT2D eigenvalue weighted by Crippen LogP contribution is -2.50. The highest BCUT2D eigenvalue weighted by molar-refractivity contribution is 7.98. The van der Waals surface area contributed by atoms with Crippen molar-refractivity contribution >= 4 is 30.0 Å². The molecular formula is C15H20N2O4S. The number of carbonyl (C=O) groups is 3. The molecule has 1 rings (SSSR count). The molecule has 0 saturated heterocycles. The number of carbonyl (C=O) groups excluding carboxylic acids is 2. The number of hydrogen-bond acceptors (Lipinski definition) is 4. The molecule has 1 aromatic carbocycles. The van der Waals surface area contributed by atoms with Crippen LogP contribution in [-0.4, -0.2) is 47.5 Å². The van der Waals surface area contributed by atoms with Crippen LogP contribution in [0.4, 0.5) is 0 Å². The zero-order valence-corrected chi connectivity index (χ0v) is 13.1. The van der Waals surface area contributed by atoms with Crippen molar-refractivity contribution in [2.24, 2.45) is 0 Å². The maximum absolute atomic E-state index is 12.1. The van der Waals surface area contributed by atoms with E-state index in [2.05, 4.69) is 10.6 Å². The molecule has 0 aliphatic rings. The van der Waals surface area contributed by atoms with Gasteiger partial charge in [0, 0.05) is 6.42 Å². The molecule has 2 atom stereocenters. The number of hydrogen-bond donors (Lipinski definition) is 3. The van der Waals surface area contributed by atoms with Gasteiger partial charge < -0.3 is 15.7 Å². The summed E-state index contributed by atoms with van der Waals surface area (Å²) in [6, 6.07) is 7.32. The number of thioether (sulfide) groups is 1. The Kier molecular flexibility index (Phi) is 8.06. The standard InChI is InChI=1S/C15H20N2O4S/c1-22-8-7-12(16-10-18)14(19)17-13(15(20)21)9-11-5-3-2-4-6-11/h2-6,10,12-13H,7-9H2,1H3,(H,16,18)(H,17,19)(H,20,21)/t12-,13+/m0/s1. The van der Waals surface area contributed by atoms with Crippen LogP contribution in [0.5, 0.6) is 0 Å². The second-order valence-corrected chi connectivity index (χ2v) is 5.69. The van der Waals surface area contributed by atoms with Crippen LogP contribution in [0.2, 0.25) is 0 Å². The Morgan fingerprint density at radius 3 is 2.50 bits per heavy atom. The van der Waals surface area contributed by atoms with E-state index in [-0.39, 0.29) is 6.42 Å². The fourth-order valence-electron chi connectivity index (χ4n) is 1.93. The van der Waals surface area contributed by atoms with E-state index < -0.39 is 24.0 Å². The van der Waals surface area contributed by atoms with Crippen molar-refractivity contribution in [3.05, 3.63) is 35.9 Å². The van der Waals surface area contributed by atoms with Gasteiger partial charge in [-0.15, -0.1) is 0 Å². The van der Waals surface area contributed by atoms with Gasteiger partial charge in [-0.3, -0.25) is 9.59 Å². The van der Waals surface area contributed by atoms with Crippen LogP contribution in [0.3, 0.4) is 0 Å². The predicted octanol–water partition coefficient (Wildman–Crippen LogP) is 0.666. The van der Waals surface area contributed by atoms with Gasteiger partial charge >= 0.3 is 5.97 Å². The minimum Gasteiger partial charge on any atom is -0.480 e. The minimum absolute atomic E-state index is 0.193. The lowest BCUT2D eigenvalue weighted by atomic mass is 10.1. The van der Waals surface area contributed by atoms with Crippen LogP contribution in [-0.2, 0) is 20.8 Å². The molecule has 0 aromatic heterocycles. The maximum atomic E-state index is 12.1. The van der Waals surface area contributed by atoms with Gasteiger partial charge in [-0.25, -0.2) is 4.79 Å². The molecule has 0 fully saturated rings. The van der Waals surface area contributed by atoms with Crippen molar-refractivity contribution in [3.63, 3.8) is 0 Å². The molecule has 0 aliphatic heterocycles. The molecule has 0 bridgehead atoms. The normalized spacial score (nSPS) is 13.0. The van der Waals surface area contributed by atoms with Crippen LogP contribution in [0.1, 0.15) is 12.0 Å². The third-order valence-electron chi connectivity index (χ3n) is 3.09. The summed E-state index contributed by atoms with van der Waals surface area (Å²) in [6.07, 6.45) is 2.99. The number of nitrogens with one attached hydrogen (secondary N) is 2. The molecule has 0 aliphatic carbocycles. The van der Waals surface area contributed by atoms with Crippen LogP contribution in [0.25, 0.3) is 0 Å². The second kappa shape index (κ2) is 9.83.